The van der Waals surface area contributed by atoms with Crippen molar-refractivity contribution in [3.05, 3.63) is 21.7 Å². The van der Waals surface area contributed by atoms with Crippen LogP contribution in [0.1, 0.15) is 91.3 Å². The second-order valence-corrected chi connectivity index (χ2v) is 10.8. The zero-order valence-corrected chi connectivity index (χ0v) is 22.4. The van der Waals surface area contributed by atoms with E-state index in [1.807, 2.05) is 39.2 Å². The van der Waals surface area contributed by atoms with Gasteiger partial charge in [-0.05, 0) is 44.3 Å². The molecule has 188 valence electrons. The summed E-state index contributed by atoms with van der Waals surface area (Å²) in [7, 11) is 0. The van der Waals surface area contributed by atoms with Crippen LogP contribution in [-0.4, -0.2) is 45.3 Å². The molecule has 0 saturated heterocycles. The summed E-state index contributed by atoms with van der Waals surface area (Å²) in [4.78, 5) is 30.1. The maximum absolute atomic E-state index is 13.1. The molecule has 0 amide bonds. The fourth-order valence-corrected chi connectivity index (χ4v) is 4.56. The van der Waals surface area contributed by atoms with E-state index in [0.717, 1.165) is 35.5 Å². The number of Topliss-reactive ketones (excluding diaryl/α,β-unsaturated/α-hetero) is 1. The molecule has 1 heterocycles. The highest BCUT2D eigenvalue weighted by Gasteiger charge is 2.42. The molecule has 0 saturated carbocycles. The molecule has 33 heavy (non-hydrogen) atoms. The summed E-state index contributed by atoms with van der Waals surface area (Å²) in [6.45, 7) is 14.7. The Hall–Kier alpha value is -1.57. The van der Waals surface area contributed by atoms with Crippen LogP contribution < -0.4 is 0 Å². The summed E-state index contributed by atoms with van der Waals surface area (Å²) in [5.74, 6) is -1.45. The van der Waals surface area contributed by atoms with Gasteiger partial charge in [0.2, 0.25) is 0 Å². The van der Waals surface area contributed by atoms with Crippen LogP contribution in [0.15, 0.2) is 11.0 Å². The van der Waals surface area contributed by atoms with Gasteiger partial charge in [-0.25, -0.2) is 4.98 Å². The number of aliphatic hydroxyl groups is 2. The van der Waals surface area contributed by atoms with E-state index in [1.54, 1.807) is 32.1 Å². The van der Waals surface area contributed by atoms with Crippen LogP contribution in [0.4, 0.5) is 0 Å². The van der Waals surface area contributed by atoms with Crippen LogP contribution in [0.5, 0.6) is 0 Å². The van der Waals surface area contributed by atoms with Crippen LogP contribution >= 0.6 is 11.3 Å². The molecule has 0 spiro atoms. The molecule has 1 aromatic heterocycles. The number of hydrogen-bond donors (Lipinski definition) is 2. The number of thiazole rings is 1. The van der Waals surface area contributed by atoms with Gasteiger partial charge >= 0.3 is 5.97 Å². The quantitative estimate of drug-likeness (QED) is 0.348. The first-order chi connectivity index (χ1) is 15.3. The first-order valence-corrected chi connectivity index (χ1v) is 12.9. The molecule has 5 atom stereocenters. The third kappa shape index (κ3) is 8.62. The standard InChI is InChI=1S/C26H43NO5S/c1-9-11-12-16(3)24(30)18(5)25(31)26(7,8)22(28)14-23(29)32-21(10-2)17(4)13-20-15-33-19(6)27-20/h13,15-16,18,21-22,24,28,30H,9-12,14H2,1-8H3/b17-13+/t16-,18+,21-,22+,24-/m0/s1. The lowest BCUT2D eigenvalue weighted by Crippen LogP contribution is -2.45. The van der Waals surface area contributed by atoms with Crippen LogP contribution in [-0.2, 0) is 14.3 Å². The topological polar surface area (TPSA) is 96.7 Å². The molecule has 7 heteroatoms. The van der Waals surface area contributed by atoms with Gasteiger partial charge in [0.25, 0.3) is 0 Å². The zero-order chi connectivity index (χ0) is 25.3. The Morgan fingerprint density at radius 3 is 2.39 bits per heavy atom. The zero-order valence-electron chi connectivity index (χ0n) is 21.6. The van der Waals surface area contributed by atoms with Gasteiger partial charge in [0, 0.05) is 11.3 Å². The third-order valence-corrected chi connectivity index (χ3v) is 7.31. The van der Waals surface area contributed by atoms with E-state index in [0.29, 0.717) is 6.42 Å². The second-order valence-electron chi connectivity index (χ2n) is 9.77. The van der Waals surface area contributed by atoms with E-state index in [9.17, 15) is 19.8 Å². The third-order valence-electron chi connectivity index (χ3n) is 6.51. The molecule has 0 fully saturated rings. The molecule has 0 bridgehead atoms. The predicted octanol–water partition coefficient (Wildman–Crippen LogP) is 5.35. The minimum Gasteiger partial charge on any atom is -0.458 e. The van der Waals surface area contributed by atoms with E-state index in [4.69, 9.17) is 4.74 Å². The minimum atomic E-state index is -1.21. The molecule has 1 rings (SSSR count). The Morgan fingerprint density at radius 1 is 1.24 bits per heavy atom. The number of aromatic nitrogens is 1. The molecule has 0 aliphatic carbocycles. The number of unbranched alkanes of at least 4 members (excludes halogenated alkanes) is 1. The summed E-state index contributed by atoms with van der Waals surface area (Å²) in [6, 6.07) is 0. The van der Waals surface area contributed by atoms with Crippen molar-refractivity contribution in [2.45, 2.75) is 106 Å². The Balaban J connectivity index is 2.77. The van der Waals surface area contributed by atoms with E-state index < -0.39 is 35.6 Å². The van der Waals surface area contributed by atoms with E-state index >= 15 is 0 Å². The number of hydrogen-bond acceptors (Lipinski definition) is 7. The van der Waals surface area contributed by atoms with Crippen molar-refractivity contribution in [1.29, 1.82) is 0 Å². The molecule has 0 unspecified atom stereocenters. The predicted molar refractivity (Wildman–Crippen MR) is 134 cm³/mol. The highest BCUT2D eigenvalue weighted by atomic mass is 32.1. The molecule has 1 aromatic rings. The smallest absolute Gasteiger partial charge is 0.309 e. The second kappa shape index (κ2) is 13.4. The summed E-state index contributed by atoms with van der Waals surface area (Å²) < 4.78 is 5.62. The van der Waals surface area contributed by atoms with Gasteiger partial charge in [-0.3, -0.25) is 9.59 Å². The molecule has 6 nitrogen and oxygen atoms in total. The lowest BCUT2D eigenvalue weighted by atomic mass is 9.73. The summed E-state index contributed by atoms with van der Waals surface area (Å²) in [5, 5.41) is 24.3. The van der Waals surface area contributed by atoms with Crippen molar-refractivity contribution in [3.8, 4) is 0 Å². The highest BCUT2D eigenvalue weighted by Crippen LogP contribution is 2.32. The number of nitrogens with zero attached hydrogens (tertiary/aromatic N) is 1. The van der Waals surface area contributed by atoms with E-state index in [-0.39, 0.29) is 18.1 Å². The molecule has 0 aliphatic rings. The number of rotatable bonds is 14. The average Bonchev–Trinajstić information content (AvgIpc) is 3.18. The maximum atomic E-state index is 13.1. The van der Waals surface area contributed by atoms with Crippen molar-refractivity contribution >= 4 is 29.2 Å². The summed E-state index contributed by atoms with van der Waals surface area (Å²) in [6.07, 6.45) is 2.66. The maximum Gasteiger partial charge on any atom is 0.309 e. The number of aryl methyl sites for hydroxylation is 1. The Morgan fingerprint density at radius 2 is 1.88 bits per heavy atom. The summed E-state index contributed by atoms with van der Waals surface area (Å²) >= 11 is 1.56. The van der Waals surface area contributed by atoms with Crippen molar-refractivity contribution in [2.24, 2.45) is 17.3 Å². The number of ether oxygens (including phenoxy) is 1. The van der Waals surface area contributed by atoms with Gasteiger partial charge in [-0.2, -0.15) is 0 Å². The summed E-state index contributed by atoms with van der Waals surface area (Å²) in [5.41, 5.74) is 0.519. The van der Waals surface area contributed by atoms with Gasteiger partial charge in [-0.1, -0.05) is 54.4 Å². The molecule has 2 N–H and O–H groups in total. The number of aliphatic hydroxyl groups excluding tert-OH is 2. The first kappa shape index (κ1) is 29.5. The normalized spacial score (nSPS) is 17.2. The van der Waals surface area contributed by atoms with Gasteiger partial charge in [0.15, 0.2) is 0 Å². The lowest BCUT2D eigenvalue weighted by Gasteiger charge is -2.34. The van der Waals surface area contributed by atoms with Crippen LogP contribution in [0, 0.1) is 24.2 Å². The van der Waals surface area contributed by atoms with E-state index in [2.05, 4.69) is 11.9 Å². The molecule has 0 aromatic carbocycles. The highest BCUT2D eigenvalue weighted by molar-refractivity contribution is 7.09. The minimum absolute atomic E-state index is 0.0108. The number of esters is 1. The molecular weight excluding hydrogens is 438 g/mol. The van der Waals surface area contributed by atoms with Crippen molar-refractivity contribution in [1.82, 2.24) is 4.98 Å². The van der Waals surface area contributed by atoms with Crippen molar-refractivity contribution in [3.63, 3.8) is 0 Å². The van der Waals surface area contributed by atoms with Gasteiger partial charge in [0.05, 0.1) is 34.7 Å². The monoisotopic (exact) mass is 481 g/mol. The van der Waals surface area contributed by atoms with Crippen LogP contribution in [0.3, 0.4) is 0 Å². The van der Waals surface area contributed by atoms with E-state index in [1.165, 1.54) is 0 Å². The Labute approximate surface area is 203 Å². The average molecular weight is 482 g/mol. The fourth-order valence-electron chi connectivity index (χ4n) is 3.99. The molecule has 0 radical (unpaired) electrons. The largest absolute Gasteiger partial charge is 0.458 e. The van der Waals surface area contributed by atoms with Gasteiger partial charge < -0.3 is 14.9 Å². The first-order valence-electron chi connectivity index (χ1n) is 12.0. The molecule has 0 aliphatic heterocycles. The lowest BCUT2D eigenvalue weighted by molar-refractivity contribution is -0.154. The SMILES string of the molecule is CCCC[C@H](C)[C@H](O)[C@@H](C)C(=O)C(C)(C)[C@H](O)CC(=O)O[C@@H](CC)/C(C)=C/c1csc(C)n1. The van der Waals surface area contributed by atoms with Gasteiger partial charge in [-0.15, -0.1) is 11.3 Å². The van der Waals surface area contributed by atoms with Gasteiger partial charge in [0.1, 0.15) is 11.9 Å². The molecular formula is C26H43NO5S. The fraction of sp³-hybridized carbons (Fsp3) is 0.731. The van der Waals surface area contributed by atoms with Crippen LogP contribution in [0.25, 0.3) is 6.08 Å². The Kier molecular flexibility index (Phi) is 11.9. The van der Waals surface area contributed by atoms with Crippen molar-refractivity contribution in [2.75, 3.05) is 0 Å². The number of carbonyl (C=O) groups is 2. The number of carbonyl (C=O) groups excluding carboxylic acids is 2. The van der Waals surface area contributed by atoms with Crippen molar-refractivity contribution < 1.29 is 24.5 Å². The Bertz CT molecular complexity index is 800. The number of ketones is 1. The van der Waals surface area contributed by atoms with Crippen LogP contribution in [0.2, 0.25) is 0 Å².